The predicted octanol–water partition coefficient (Wildman–Crippen LogP) is 6.84. The summed E-state index contributed by atoms with van der Waals surface area (Å²) in [6, 6.07) is 25.7. The molecule has 2 aromatic heterocycles. The molecule has 5 rings (SSSR count). The summed E-state index contributed by atoms with van der Waals surface area (Å²) in [5.74, 6) is 0.110. The standard InChI is InChI=1S/C25H18N8O2/c34-33(35)23-24(29-18-11-13-20(14-12-18)32-31-19-8-2-1-3-9-19)27-16-28-25(23)30-21-10-4-6-17-7-5-15-26-22(17)21/h1-16H,(H2,27,28,29,30). The minimum Gasteiger partial charge on any atom is -0.334 e. The Morgan fingerprint density at radius 2 is 1.40 bits per heavy atom. The first-order chi connectivity index (χ1) is 17.2. The Bertz CT molecular complexity index is 1520. The summed E-state index contributed by atoms with van der Waals surface area (Å²) in [5.41, 5.74) is 2.98. The van der Waals surface area contributed by atoms with E-state index in [1.54, 1.807) is 36.5 Å². The normalized spacial score (nSPS) is 11.0. The summed E-state index contributed by atoms with van der Waals surface area (Å²) >= 11 is 0. The second-order valence-electron chi connectivity index (χ2n) is 7.39. The summed E-state index contributed by atoms with van der Waals surface area (Å²) < 4.78 is 0. The Morgan fingerprint density at radius 1 is 0.714 bits per heavy atom. The van der Waals surface area contributed by atoms with E-state index in [0.717, 1.165) is 11.1 Å². The van der Waals surface area contributed by atoms with Crippen LogP contribution in [0.25, 0.3) is 10.9 Å². The summed E-state index contributed by atoms with van der Waals surface area (Å²) in [6.45, 7) is 0. The average Bonchev–Trinajstić information content (AvgIpc) is 2.89. The molecule has 0 amide bonds. The average molecular weight is 462 g/mol. The van der Waals surface area contributed by atoms with Crippen LogP contribution in [0.1, 0.15) is 0 Å². The van der Waals surface area contributed by atoms with Gasteiger partial charge in [-0.05, 0) is 48.5 Å². The van der Waals surface area contributed by atoms with Gasteiger partial charge in [-0.1, -0.05) is 36.4 Å². The molecule has 0 fully saturated rings. The van der Waals surface area contributed by atoms with Crippen LogP contribution >= 0.6 is 0 Å². The lowest BCUT2D eigenvalue weighted by molar-refractivity contribution is -0.383. The van der Waals surface area contributed by atoms with E-state index in [2.05, 4.69) is 35.8 Å². The quantitative estimate of drug-likeness (QED) is 0.154. The van der Waals surface area contributed by atoms with E-state index in [4.69, 9.17) is 0 Å². The van der Waals surface area contributed by atoms with Crippen LogP contribution in [-0.4, -0.2) is 19.9 Å². The van der Waals surface area contributed by atoms with Crippen molar-refractivity contribution in [3.8, 4) is 0 Å². The third-order valence-corrected chi connectivity index (χ3v) is 5.06. The van der Waals surface area contributed by atoms with Crippen molar-refractivity contribution in [3.05, 3.63) is 108 Å². The largest absolute Gasteiger partial charge is 0.353 e. The first-order valence-corrected chi connectivity index (χ1v) is 10.6. The summed E-state index contributed by atoms with van der Waals surface area (Å²) in [7, 11) is 0. The summed E-state index contributed by atoms with van der Waals surface area (Å²) in [6.07, 6.45) is 2.93. The van der Waals surface area contributed by atoms with Crippen molar-refractivity contribution < 1.29 is 4.92 Å². The molecule has 2 N–H and O–H groups in total. The van der Waals surface area contributed by atoms with Gasteiger partial charge in [-0.2, -0.15) is 10.2 Å². The van der Waals surface area contributed by atoms with Crippen LogP contribution in [0.3, 0.4) is 0 Å². The molecule has 10 heteroatoms. The van der Waals surface area contributed by atoms with Gasteiger partial charge in [-0.25, -0.2) is 9.97 Å². The minimum absolute atomic E-state index is 0.0546. The lowest BCUT2D eigenvalue weighted by atomic mass is 10.2. The van der Waals surface area contributed by atoms with Crippen LogP contribution < -0.4 is 10.6 Å². The third-order valence-electron chi connectivity index (χ3n) is 5.06. The minimum atomic E-state index is -0.522. The van der Waals surface area contributed by atoms with Crippen molar-refractivity contribution in [1.29, 1.82) is 0 Å². The van der Waals surface area contributed by atoms with Gasteiger partial charge < -0.3 is 10.6 Å². The van der Waals surface area contributed by atoms with E-state index in [9.17, 15) is 10.1 Å². The number of nitro groups is 1. The van der Waals surface area contributed by atoms with Crippen LogP contribution in [0.15, 0.2) is 108 Å². The van der Waals surface area contributed by atoms with E-state index in [1.165, 1.54) is 6.33 Å². The first kappa shape index (κ1) is 21.6. The molecule has 0 aliphatic carbocycles. The van der Waals surface area contributed by atoms with E-state index in [-0.39, 0.29) is 17.3 Å². The van der Waals surface area contributed by atoms with Crippen molar-refractivity contribution in [2.75, 3.05) is 10.6 Å². The Hall–Kier alpha value is -5.25. The van der Waals surface area contributed by atoms with Gasteiger partial charge >= 0.3 is 5.69 Å². The van der Waals surface area contributed by atoms with E-state index < -0.39 is 4.92 Å². The molecule has 10 nitrogen and oxygen atoms in total. The zero-order valence-electron chi connectivity index (χ0n) is 18.2. The molecular formula is C25H18N8O2. The van der Waals surface area contributed by atoms with Gasteiger partial charge in [0.15, 0.2) is 0 Å². The molecule has 0 spiro atoms. The number of benzene rings is 3. The Kier molecular flexibility index (Phi) is 5.99. The summed E-state index contributed by atoms with van der Waals surface area (Å²) in [4.78, 5) is 24.0. The van der Waals surface area contributed by atoms with E-state index in [1.807, 2.05) is 54.6 Å². The molecule has 0 bridgehead atoms. The fraction of sp³-hybridized carbons (Fsp3) is 0. The fourth-order valence-electron chi connectivity index (χ4n) is 3.43. The molecule has 170 valence electrons. The second-order valence-corrected chi connectivity index (χ2v) is 7.39. The zero-order valence-corrected chi connectivity index (χ0v) is 18.2. The molecule has 0 aliphatic rings. The highest BCUT2D eigenvalue weighted by atomic mass is 16.6. The number of rotatable bonds is 7. The van der Waals surface area contributed by atoms with Gasteiger partial charge in [0.05, 0.1) is 27.5 Å². The smallest absolute Gasteiger partial charge is 0.334 e. The molecule has 5 aromatic rings. The SMILES string of the molecule is O=[N+]([O-])c1c(Nc2ccc(N=Nc3ccccc3)cc2)ncnc1Nc1cccc2cccnc12. The number of pyridine rings is 1. The number of nitrogens with zero attached hydrogens (tertiary/aromatic N) is 6. The Labute approximate surface area is 199 Å². The van der Waals surface area contributed by atoms with Gasteiger partial charge in [-0.15, -0.1) is 0 Å². The number of hydrogen-bond donors (Lipinski definition) is 2. The molecule has 0 unspecified atom stereocenters. The van der Waals surface area contributed by atoms with Gasteiger partial charge in [-0.3, -0.25) is 15.1 Å². The van der Waals surface area contributed by atoms with Crippen LogP contribution in [-0.2, 0) is 0 Å². The van der Waals surface area contributed by atoms with Crippen LogP contribution in [0.5, 0.6) is 0 Å². The van der Waals surface area contributed by atoms with Crippen LogP contribution in [0.4, 0.5) is 40.1 Å². The van der Waals surface area contributed by atoms with Crippen molar-refractivity contribution in [2.45, 2.75) is 0 Å². The highest BCUT2D eigenvalue weighted by molar-refractivity contribution is 5.93. The maximum Gasteiger partial charge on any atom is 0.353 e. The molecule has 2 heterocycles. The van der Waals surface area contributed by atoms with Crippen molar-refractivity contribution in [3.63, 3.8) is 0 Å². The summed E-state index contributed by atoms with van der Waals surface area (Å²) in [5, 5.41) is 27.3. The Balaban J connectivity index is 1.40. The topological polar surface area (TPSA) is 131 Å². The maximum atomic E-state index is 12.0. The Morgan fingerprint density at radius 3 is 2.14 bits per heavy atom. The number of anilines is 4. The van der Waals surface area contributed by atoms with Gasteiger partial charge in [0.1, 0.15) is 6.33 Å². The molecule has 0 saturated heterocycles. The third kappa shape index (κ3) is 4.91. The molecule has 0 saturated carbocycles. The van der Waals surface area contributed by atoms with Crippen LogP contribution in [0, 0.1) is 10.1 Å². The van der Waals surface area contributed by atoms with Gasteiger partial charge in [0, 0.05) is 17.3 Å². The highest BCUT2D eigenvalue weighted by Gasteiger charge is 2.24. The molecule has 35 heavy (non-hydrogen) atoms. The van der Waals surface area contributed by atoms with E-state index >= 15 is 0 Å². The van der Waals surface area contributed by atoms with Crippen molar-refractivity contribution in [2.24, 2.45) is 10.2 Å². The molecule has 3 aromatic carbocycles. The van der Waals surface area contributed by atoms with Gasteiger partial charge in [0.25, 0.3) is 0 Å². The fourth-order valence-corrected chi connectivity index (χ4v) is 3.43. The monoisotopic (exact) mass is 462 g/mol. The van der Waals surface area contributed by atoms with E-state index in [0.29, 0.717) is 22.6 Å². The number of hydrogen-bond acceptors (Lipinski definition) is 9. The zero-order chi connectivity index (χ0) is 24.0. The predicted molar refractivity (Wildman–Crippen MR) is 134 cm³/mol. The maximum absolute atomic E-state index is 12.0. The number of nitrogens with one attached hydrogen (secondary N) is 2. The molecular weight excluding hydrogens is 444 g/mol. The number of para-hydroxylation sites is 1. The molecule has 0 aliphatic heterocycles. The highest BCUT2D eigenvalue weighted by Crippen LogP contribution is 2.34. The second kappa shape index (κ2) is 9.71. The van der Waals surface area contributed by atoms with Crippen molar-refractivity contribution >= 4 is 51.0 Å². The number of fused-ring (bicyclic) bond motifs is 1. The molecule has 0 atom stereocenters. The lowest BCUT2D eigenvalue weighted by Gasteiger charge is -2.11. The van der Waals surface area contributed by atoms with Crippen LogP contribution in [0.2, 0.25) is 0 Å². The first-order valence-electron chi connectivity index (χ1n) is 10.6. The number of aromatic nitrogens is 3. The van der Waals surface area contributed by atoms with Gasteiger partial charge in [0.2, 0.25) is 11.6 Å². The van der Waals surface area contributed by atoms with Crippen molar-refractivity contribution in [1.82, 2.24) is 15.0 Å². The lowest BCUT2D eigenvalue weighted by Crippen LogP contribution is -2.05. The number of azo groups is 1. The molecule has 0 radical (unpaired) electrons.